The molecule has 1 aliphatic rings. The summed E-state index contributed by atoms with van der Waals surface area (Å²) >= 11 is 0. The zero-order valence-electron chi connectivity index (χ0n) is 21.2. The van der Waals surface area contributed by atoms with Gasteiger partial charge in [0.15, 0.2) is 12.1 Å². The van der Waals surface area contributed by atoms with E-state index in [1.165, 1.54) is 13.0 Å². The molecule has 0 bridgehead atoms. The molecular weight excluding hydrogens is 471 g/mol. The monoisotopic (exact) mass is 503 g/mol. The van der Waals surface area contributed by atoms with Crippen LogP contribution in [0.15, 0.2) is 30.5 Å². The van der Waals surface area contributed by atoms with Crippen LogP contribution in [0.1, 0.15) is 48.2 Å². The predicted molar refractivity (Wildman–Crippen MR) is 133 cm³/mol. The number of piperidine rings is 1. The number of nitrogens with one attached hydrogen (secondary N) is 1. The first-order valence-corrected chi connectivity index (χ1v) is 12.0. The maximum absolute atomic E-state index is 13.4. The second kappa shape index (κ2) is 10.6. The van der Waals surface area contributed by atoms with E-state index in [0.29, 0.717) is 28.5 Å². The molecule has 7 nitrogen and oxygen atoms in total. The van der Waals surface area contributed by atoms with Gasteiger partial charge in [-0.05, 0) is 56.9 Å². The molecule has 36 heavy (non-hydrogen) atoms. The fourth-order valence-electron chi connectivity index (χ4n) is 5.05. The van der Waals surface area contributed by atoms with Crippen molar-refractivity contribution in [2.75, 3.05) is 37.5 Å². The summed E-state index contributed by atoms with van der Waals surface area (Å²) in [6.07, 6.45) is -0.929. The van der Waals surface area contributed by atoms with Gasteiger partial charge in [-0.25, -0.2) is 0 Å². The minimum absolute atomic E-state index is 0.196. The number of alkyl halides is 3. The van der Waals surface area contributed by atoms with Crippen LogP contribution in [0.5, 0.6) is 0 Å². The zero-order chi connectivity index (χ0) is 26.0. The number of rotatable bonds is 7. The highest BCUT2D eigenvalue weighted by molar-refractivity contribution is 5.92. The van der Waals surface area contributed by atoms with Crippen molar-refractivity contribution in [1.82, 2.24) is 15.2 Å². The van der Waals surface area contributed by atoms with Gasteiger partial charge in [-0.2, -0.15) is 18.3 Å². The average Bonchev–Trinajstić information content (AvgIpc) is 2.86. The van der Waals surface area contributed by atoms with E-state index in [0.717, 1.165) is 43.1 Å². The highest BCUT2D eigenvalue weighted by Gasteiger charge is 2.33. The Morgan fingerprint density at radius 3 is 2.42 bits per heavy atom. The second-order valence-electron chi connectivity index (χ2n) is 9.27. The number of pyridine rings is 1. The molecule has 0 radical (unpaired) electrons. The number of hydrogen-bond acceptors (Lipinski definition) is 7. The Balaban J connectivity index is 1.61. The van der Waals surface area contributed by atoms with E-state index in [1.54, 1.807) is 20.3 Å². The van der Waals surface area contributed by atoms with Crippen LogP contribution < -0.4 is 10.2 Å². The van der Waals surface area contributed by atoms with Crippen molar-refractivity contribution < 1.29 is 22.6 Å². The van der Waals surface area contributed by atoms with E-state index in [9.17, 15) is 13.2 Å². The third-order valence-corrected chi connectivity index (χ3v) is 7.03. The summed E-state index contributed by atoms with van der Waals surface area (Å²) in [6.45, 7) is 6.83. The lowest BCUT2D eigenvalue weighted by Gasteiger charge is -2.36. The van der Waals surface area contributed by atoms with Crippen molar-refractivity contribution >= 4 is 22.4 Å². The van der Waals surface area contributed by atoms with Crippen LogP contribution >= 0.6 is 0 Å². The molecule has 0 saturated carbocycles. The molecule has 10 heteroatoms. The number of hydrogen-bond donors (Lipinski definition) is 1. The third kappa shape index (κ3) is 5.24. The molecule has 3 aromatic rings. The fraction of sp³-hybridized carbons (Fsp3) is 0.500. The Morgan fingerprint density at radius 2 is 1.78 bits per heavy atom. The summed E-state index contributed by atoms with van der Waals surface area (Å²) in [7, 11) is 3.32. The zero-order valence-corrected chi connectivity index (χ0v) is 21.2. The number of aromatic nitrogens is 3. The van der Waals surface area contributed by atoms with E-state index in [-0.39, 0.29) is 11.9 Å². The standard InChI is InChI=1S/C26H32F3N5O2/c1-15-20(7-6-8-22(15)26(27,28)29)16(2)31-24-21-13-19(14-30-23(21)17(3)32-33-24)34-11-9-18(10-12-34)25(35-4)36-5/h6-8,13-14,16,18,25H,9-12H2,1-5H3,(H,31,33)/t16-/m1/s1. The number of halogens is 3. The van der Waals surface area contributed by atoms with Crippen LogP contribution in [-0.2, 0) is 15.7 Å². The number of anilines is 2. The number of nitrogens with zero attached hydrogens (tertiary/aromatic N) is 4. The molecule has 2 aromatic heterocycles. The predicted octanol–water partition coefficient (Wildman–Crippen LogP) is 5.67. The Hall–Kier alpha value is -2.98. The van der Waals surface area contributed by atoms with Crippen molar-refractivity contribution in [3.05, 3.63) is 52.8 Å². The fourth-order valence-corrected chi connectivity index (χ4v) is 5.05. The van der Waals surface area contributed by atoms with Crippen LogP contribution in [0.3, 0.4) is 0 Å². The second-order valence-corrected chi connectivity index (χ2v) is 9.27. The topological polar surface area (TPSA) is 72.4 Å². The summed E-state index contributed by atoms with van der Waals surface area (Å²) in [5.41, 5.74) is 2.47. The molecule has 3 heterocycles. The van der Waals surface area contributed by atoms with Crippen molar-refractivity contribution in [3.63, 3.8) is 0 Å². The summed E-state index contributed by atoms with van der Waals surface area (Å²) in [4.78, 5) is 6.93. The first-order chi connectivity index (χ1) is 17.1. The first-order valence-electron chi connectivity index (χ1n) is 12.0. The molecule has 0 spiro atoms. The van der Waals surface area contributed by atoms with Crippen LogP contribution in [0, 0.1) is 19.8 Å². The van der Waals surface area contributed by atoms with Crippen molar-refractivity contribution in [2.24, 2.45) is 5.92 Å². The van der Waals surface area contributed by atoms with Crippen molar-refractivity contribution in [2.45, 2.75) is 52.1 Å². The van der Waals surface area contributed by atoms with Gasteiger partial charge in [0.1, 0.15) is 0 Å². The lowest BCUT2D eigenvalue weighted by atomic mass is 9.95. The van der Waals surface area contributed by atoms with Crippen LogP contribution in [0.25, 0.3) is 10.9 Å². The average molecular weight is 504 g/mol. The number of benzene rings is 1. The molecule has 0 amide bonds. The van der Waals surface area contributed by atoms with E-state index in [2.05, 4.69) is 25.4 Å². The molecule has 0 unspecified atom stereocenters. The lowest BCUT2D eigenvalue weighted by molar-refractivity contribution is -0.141. The molecule has 0 aliphatic carbocycles. The van der Waals surface area contributed by atoms with Crippen LogP contribution in [0.2, 0.25) is 0 Å². The van der Waals surface area contributed by atoms with Crippen molar-refractivity contribution in [3.8, 4) is 0 Å². The molecule has 1 saturated heterocycles. The summed E-state index contributed by atoms with van der Waals surface area (Å²) in [5, 5.41) is 12.6. The van der Waals surface area contributed by atoms with Gasteiger partial charge >= 0.3 is 6.18 Å². The number of fused-ring (bicyclic) bond motifs is 1. The Labute approximate surface area is 209 Å². The van der Waals surface area contributed by atoms with Gasteiger partial charge in [-0.3, -0.25) is 4.98 Å². The lowest BCUT2D eigenvalue weighted by Crippen LogP contribution is -2.39. The quantitative estimate of drug-likeness (QED) is 0.417. The number of methoxy groups -OCH3 is 2. The normalized spacial score (nSPS) is 16.1. The number of ether oxygens (including phenoxy) is 2. The highest BCUT2D eigenvalue weighted by atomic mass is 19.4. The molecule has 1 fully saturated rings. The van der Waals surface area contributed by atoms with Gasteiger partial charge < -0.3 is 19.7 Å². The molecule has 1 atom stereocenters. The van der Waals surface area contributed by atoms with E-state index >= 15 is 0 Å². The summed E-state index contributed by atoms with van der Waals surface area (Å²) in [5.74, 6) is 0.814. The van der Waals surface area contributed by atoms with Crippen molar-refractivity contribution in [1.29, 1.82) is 0 Å². The van der Waals surface area contributed by atoms with Crippen LogP contribution in [-0.4, -0.2) is 48.8 Å². The van der Waals surface area contributed by atoms with Gasteiger partial charge in [0, 0.05) is 38.6 Å². The highest BCUT2D eigenvalue weighted by Crippen LogP contribution is 2.36. The number of aryl methyl sites for hydroxylation is 1. The molecule has 1 aliphatic heterocycles. The Bertz CT molecular complexity index is 1210. The summed E-state index contributed by atoms with van der Waals surface area (Å²) in [6, 6.07) is 5.85. The Morgan fingerprint density at radius 1 is 1.08 bits per heavy atom. The molecule has 1 N–H and O–H groups in total. The molecule has 1 aromatic carbocycles. The molecular formula is C26H32F3N5O2. The third-order valence-electron chi connectivity index (χ3n) is 7.03. The van der Waals surface area contributed by atoms with E-state index in [1.807, 2.05) is 26.1 Å². The smallest absolute Gasteiger partial charge is 0.370 e. The van der Waals surface area contributed by atoms with Gasteiger partial charge in [0.2, 0.25) is 0 Å². The maximum Gasteiger partial charge on any atom is 0.416 e. The minimum Gasteiger partial charge on any atom is -0.370 e. The van der Waals surface area contributed by atoms with Gasteiger partial charge in [0.05, 0.1) is 34.7 Å². The van der Waals surface area contributed by atoms with E-state index < -0.39 is 17.8 Å². The van der Waals surface area contributed by atoms with E-state index in [4.69, 9.17) is 9.47 Å². The first kappa shape index (κ1) is 26.1. The minimum atomic E-state index is -4.41. The van der Waals surface area contributed by atoms with Gasteiger partial charge in [-0.15, -0.1) is 5.10 Å². The molecule has 4 rings (SSSR count). The SMILES string of the molecule is COC(OC)C1CCN(c2cnc3c(C)nnc(N[C@H](C)c4cccc(C(F)(F)F)c4C)c3c2)CC1. The van der Waals surface area contributed by atoms with Gasteiger partial charge in [-0.1, -0.05) is 12.1 Å². The maximum atomic E-state index is 13.4. The largest absolute Gasteiger partial charge is 0.416 e. The van der Waals surface area contributed by atoms with Crippen LogP contribution in [0.4, 0.5) is 24.7 Å². The van der Waals surface area contributed by atoms with Gasteiger partial charge in [0.25, 0.3) is 0 Å². The Kier molecular flexibility index (Phi) is 7.65. The summed E-state index contributed by atoms with van der Waals surface area (Å²) < 4.78 is 51.2. The molecule has 194 valence electrons.